The van der Waals surface area contributed by atoms with Crippen LogP contribution in [0.4, 0.5) is 0 Å². The fourth-order valence-corrected chi connectivity index (χ4v) is 2.76. The Morgan fingerprint density at radius 2 is 2.00 bits per heavy atom. The van der Waals surface area contributed by atoms with E-state index in [-0.39, 0.29) is 0 Å². The second-order valence-corrected chi connectivity index (χ2v) is 5.49. The summed E-state index contributed by atoms with van der Waals surface area (Å²) in [5.74, 6) is 1.75. The molecule has 1 rings (SSSR count). The molecule has 1 aliphatic heterocycles. The van der Waals surface area contributed by atoms with Crippen molar-refractivity contribution < 1.29 is 4.21 Å². The first kappa shape index (κ1) is 12.1. The number of nitrogens with zero attached hydrogens (tertiary/aromatic N) is 1. The van der Waals surface area contributed by atoms with E-state index in [4.69, 9.17) is 0 Å². The Balaban J connectivity index is 1.94. The fraction of sp³-hybridized carbons (Fsp3) is 1.00. The molecular weight excluding hydrogens is 196 g/mol. The van der Waals surface area contributed by atoms with Gasteiger partial charge in [0.1, 0.15) is 0 Å². The quantitative estimate of drug-likeness (QED) is 0.657. The normalized spacial score (nSPS) is 20.1. The standard InChI is InChI=1S/C10H22N2OS/c1-2-4-11-5-3-6-12-7-9-14(13)10-8-12/h11H,2-10H2,1H3. The van der Waals surface area contributed by atoms with Gasteiger partial charge in [0.2, 0.25) is 0 Å². The van der Waals surface area contributed by atoms with Crippen LogP contribution in [0.25, 0.3) is 0 Å². The van der Waals surface area contributed by atoms with Crippen LogP contribution in [0.15, 0.2) is 0 Å². The lowest BCUT2D eigenvalue weighted by Gasteiger charge is -2.25. The third-order valence-electron chi connectivity index (χ3n) is 2.53. The van der Waals surface area contributed by atoms with E-state index in [1.165, 1.54) is 12.8 Å². The van der Waals surface area contributed by atoms with Crippen molar-refractivity contribution >= 4 is 10.8 Å². The largest absolute Gasteiger partial charge is 0.317 e. The lowest BCUT2D eigenvalue weighted by Crippen LogP contribution is -2.39. The molecule has 0 aliphatic carbocycles. The van der Waals surface area contributed by atoms with Crippen molar-refractivity contribution in [2.24, 2.45) is 0 Å². The average Bonchev–Trinajstić information content (AvgIpc) is 2.21. The van der Waals surface area contributed by atoms with Gasteiger partial charge in [-0.1, -0.05) is 6.92 Å². The van der Waals surface area contributed by atoms with Gasteiger partial charge in [0.05, 0.1) is 0 Å². The van der Waals surface area contributed by atoms with Crippen LogP contribution in [0.2, 0.25) is 0 Å². The third-order valence-corrected chi connectivity index (χ3v) is 3.80. The first-order valence-electron chi connectivity index (χ1n) is 5.61. The molecule has 0 radical (unpaired) electrons. The summed E-state index contributed by atoms with van der Waals surface area (Å²) >= 11 is 0. The second kappa shape index (κ2) is 7.37. The highest BCUT2D eigenvalue weighted by Crippen LogP contribution is 2.00. The zero-order valence-electron chi connectivity index (χ0n) is 9.13. The van der Waals surface area contributed by atoms with E-state index in [1.54, 1.807) is 0 Å². The molecule has 0 aromatic carbocycles. The van der Waals surface area contributed by atoms with Crippen molar-refractivity contribution in [1.29, 1.82) is 0 Å². The maximum atomic E-state index is 11.1. The summed E-state index contributed by atoms with van der Waals surface area (Å²) in [5, 5.41) is 3.40. The van der Waals surface area contributed by atoms with Crippen LogP contribution in [-0.4, -0.2) is 53.3 Å². The predicted octanol–water partition coefficient (Wildman–Crippen LogP) is 0.440. The Morgan fingerprint density at radius 1 is 1.29 bits per heavy atom. The zero-order chi connectivity index (χ0) is 10.2. The van der Waals surface area contributed by atoms with E-state index in [9.17, 15) is 4.21 Å². The van der Waals surface area contributed by atoms with Crippen molar-refractivity contribution in [2.45, 2.75) is 19.8 Å². The molecule has 0 aromatic heterocycles. The fourth-order valence-electron chi connectivity index (χ4n) is 1.63. The van der Waals surface area contributed by atoms with E-state index in [1.807, 2.05) is 0 Å². The molecule has 1 saturated heterocycles. The van der Waals surface area contributed by atoms with Gasteiger partial charge in [-0.2, -0.15) is 0 Å². The maximum Gasteiger partial charge on any atom is 0.0363 e. The molecule has 4 heteroatoms. The minimum atomic E-state index is -0.529. The van der Waals surface area contributed by atoms with E-state index < -0.39 is 10.8 Å². The molecule has 3 nitrogen and oxygen atoms in total. The Labute approximate surface area is 89.7 Å². The van der Waals surface area contributed by atoms with Crippen molar-refractivity contribution in [1.82, 2.24) is 10.2 Å². The van der Waals surface area contributed by atoms with Gasteiger partial charge in [0.15, 0.2) is 0 Å². The molecule has 0 bridgehead atoms. The van der Waals surface area contributed by atoms with E-state index in [2.05, 4.69) is 17.1 Å². The van der Waals surface area contributed by atoms with Crippen LogP contribution in [-0.2, 0) is 10.8 Å². The van der Waals surface area contributed by atoms with Crippen molar-refractivity contribution in [3.63, 3.8) is 0 Å². The number of hydrogen-bond acceptors (Lipinski definition) is 3. The minimum Gasteiger partial charge on any atom is -0.317 e. The summed E-state index contributed by atoms with van der Waals surface area (Å²) < 4.78 is 11.1. The van der Waals surface area contributed by atoms with Crippen molar-refractivity contribution in [3.05, 3.63) is 0 Å². The summed E-state index contributed by atoms with van der Waals surface area (Å²) in [4.78, 5) is 2.43. The van der Waals surface area contributed by atoms with Crippen molar-refractivity contribution in [3.8, 4) is 0 Å². The highest BCUT2D eigenvalue weighted by molar-refractivity contribution is 7.85. The Morgan fingerprint density at radius 3 is 2.64 bits per heavy atom. The highest BCUT2D eigenvalue weighted by Gasteiger charge is 2.13. The topological polar surface area (TPSA) is 32.3 Å². The average molecular weight is 218 g/mol. The lowest BCUT2D eigenvalue weighted by molar-refractivity contribution is 0.294. The van der Waals surface area contributed by atoms with Crippen LogP contribution in [0.1, 0.15) is 19.8 Å². The molecule has 1 N–H and O–H groups in total. The summed E-state index contributed by atoms with van der Waals surface area (Å²) in [7, 11) is -0.529. The number of nitrogens with one attached hydrogen (secondary N) is 1. The summed E-state index contributed by atoms with van der Waals surface area (Å²) in [5.41, 5.74) is 0. The molecule has 0 atom stereocenters. The Kier molecular flexibility index (Phi) is 6.39. The molecule has 0 unspecified atom stereocenters. The molecule has 1 aliphatic rings. The zero-order valence-corrected chi connectivity index (χ0v) is 9.94. The summed E-state index contributed by atoms with van der Waals surface area (Å²) in [6.07, 6.45) is 2.43. The first-order chi connectivity index (χ1) is 6.83. The van der Waals surface area contributed by atoms with Crippen LogP contribution in [0, 0.1) is 0 Å². The van der Waals surface area contributed by atoms with Gasteiger partial charge in [-0.25, -0.2) is 0 Å². The van der Waals surface area contributed by atoms with Crippen LogP contribution < -0.4 is 5.32 Å². The van der Waals surface area contributed by atoms with Gasteiger partial charge in [-0.05, 0) is 32.5 Å². The second-order valence-electron chi connectivity index (χ2n) is 3.79. The van der Waals surface area contributed by atoms with Gasteiger partial charge in [-0.15, -0.1) is 0 Å². The number of hydrogen-bond donors (Lipinski definition) is 1. The first-order valence-corrected chi connectivity index (χ1v) is 7.09. The minimum absolute atomic E-state index is 0.529. The van der Waals surface area contributed by atoms with Gasteiger partial charge in [0, 0.05) is 35.4 Å². The molecule has 0 saturated carbocycles. The molecule has 14 heavy (non-hydrogen) atoms. The molecule has 84 valence electrons. The molecule has 1 fully saturated rings. The van der Waals surface area contributed by atoms with E-state index in [0.717, 1.165) is 44.2 Å². The summed E-state index contributed by atoms with van der Waals surface area (Å²) in [6, 6.07) is 0. The van der Waals surface area contributed by atoms with Crippen LogP contribution in [0.3, 0.4) is 0 Å². The third kappa shape index (κ3) is 5.08. The lowest BCUT2D eigenvalue weighted by atomic mass is 10.3. The summed E-state index contributed by atoms with van der Waals surface area (Å²) in [6.45, 7) is 7.65. The molecule has 0 amide bonds. The van der Waals surface area contributed by atoms with E-state index in [0.29, 0.717) is 0 Å². The maximum absolute atomic E-state index is 11.1. The van der Waals surface area contributed by atoms with Gasteiger partial charge < -0.3 is 10.2 Å². The molecular formula is C10H22N2OS. The number of rotatable bonds is 6. The van der Waals surface area contributed by atoms with Crippen LogP contribution >= 0.6 is 0 Å². The molecule has 0 aromatic rings. The van der Waals surface area contributed by atoms with Gasteiger partial charge in [0.25, 0.3) is 0 Å². The van der Waals surface area contributed by atoms with Crippen LogP contribution in [0.5, 0.6) is 0 Å². The smallest absolute Gasteiger partial charge is 0.0363 e. The monoisotopic (exact) mass is 218 g/mol. The molecule has 1 heterocycles. The van der Waals surface area contributed by atoms with E-state index >= 15 is 0 Å². The molecule has 0 spiro atoms. The highest BCUT2D eigenvalue weighted by atomic mass is 32.2. The predicted molar refractivity (Wildman–Crippen MR) is 62.1 cm³/mol. The van der Waals surface area contributed by atoms with Gasteiger partial charge >= 0.3 is 0 Å². The Bertz CT molecular complexity index is 166. The Hall–Kier alpha value is 0.0700. The SMILES string of the molecule is CCCNCCCN1CCS(=O)CC1. The van der Waals surface area contributed by atoms with Crippen molar-refractivity contribution in [2.75, 3.05) is 44.2 Å². The van der Waals surface area contributed by atoms with Gasteiger partial charge in [-0.3, -0.25) is 4.21 Å².